The lowest BCUT2D eigenvalue weighted by Crippen LogP contribution is -2.33. The molecule has 0 spiro atoms. The Morgan fingerprint density at radius 1 is 1.25 bits per heavy atom. The average molecular weight is 356 g/mol. The number of carbonyl (C=O) groups is 2. The van der Waals surface area contributed by atoms with Crippen LogP contribution in [0.2, 0.25) is 25.7 Å². The number of fused-ring (bicyclic) bond motifs is 1. The molecule has 0 aromatic heterocycles. The Hall–Kier alpha value is -0.983. The molecule has 0 bridgehead atoms. The monoisotopic (exact) mass is 355 g/mol. The van der Waals surface area contributed by atoms with Gasteiger partial charge in [0, 0.05) is 19.2 Å². The minimum Gasteiger partial charge on any atom is -0.361 e. The number of amides is 1. The number of ketones is 1. The molecule has 0 fully saturated rings. The Kier molecular flexibility index (Phi) is 4.46. The highest BCUT2D eigenvalue weighted by Gasteiger charge is 2.35. The van der Waals surface area contributed by atoms with E-state index >= 15 is 0 Å². The summed E-state index contributed by atoms with van der Waals surface area (Å²) in [5.74, 6) is -0.965. The minimum absolute atomic E-state index is 0.137. The third-order valence-corrected chi connectivity index (χ3v) is 5.35. The van der Waals surface area contributed by atoms with Crippen molar-refractivity contribution < 1.29 is 14.3 Å². The van der Waals surface area contributed by atoms with Gasteiger partial charge in [-0.3, -0.25) is 14.5 Å². The molecule has 0 unspecified atom stereocenters. The van der Waals surface area contributed by atoms with E-state index in [4.69, 9.17) is 4.74 Å². The lowest BCUT2D eigenvalue weighted by molar-refractivity contribution is -0.115. The van der Waals surface area contributed by atoms with Crippen molar-refractivity contribution in [3.05, 3.63) is 28.2 Å². The van der Waals surface area contributed by atoms with Gasteiger partial charge in [-0.1, -0.05) is 35.6 Å². The molecule has 1 heterocycles. The number of anilines is 1. The van der Waals surface area contributed by atoms with E-state index in [9.17, 15) is 9.59 Å². The molecule has 1 aromatic carbocycles. The van der Waals surface area contributed by atoms with E-state index in [1.54, 1.807) is 18.2 Å². The average Bonchev–Trinajstić information content (AvgIpc) is 2.57. The van der Waals surface area contributed by atoms with E-state index < -0.39 is 19.8 Å². The maximum absolute atomic E-state index is 12.0. The summed E-state index contributed by atoms with van der Waals surface area (Å²) in [6, 6.07) is 6.25. The summed E-state index contributed by atoms with van der Waals surface area (Å²) >= 11 is 3.36. The van der Waals surface area contributed by atoms with Gasteiger partial charge in [-0.15, -0.1) is 0 Å². The quantitative estimate of drug-likeness (QED) is 0.462. The van der Waals surface area contributed by atoms with E-state index in [-0.39, 0.29) is 6.73 Å². The summed E-state index contributed by atoms with van der Waals surface area (Å²) in [6.45, 7) is 7.57. The third kappa shape index (κ3) is 3.37. The second-order valence-corrected chi connectivity index (χ2v) is 12.6. The molecule has 0 atom stereocenters. The van der Waals surface area contributed by atoms with Crippen molar-refractivity contribution >= 4 is 41.4 Å². The van der Waals surface area contributed by atoms with Gasteiger partial charge in [0.15, 0.2) is 0 Å². The standard InChI is InChI=1S/C14H18BrNO3Si/c1-20(2,3)7-6-19-9-16-12-8-10(15)4-5-11(12)13(17)14(16)18/h4-5,8H,6-7,9H2,1-3H3. The Morgan fingerprint density at radius 2 is 1.95 bits per heavy atom. The Morgan fingerprint density at radius 3 is 2.60 bits per heavy atom. The first-order chi connectivity index (χ1) is 9.29. The molecule has 0 N–H and O–H groups in total. The SMILES string of the molecule is C[Si](C)(C)CCOCN1C(=O)C(=O)c2ccc(Br)cc21. The number of carbonyl (C=O) groups excluding carboxylic acids is 2. The first kappa shape index (κ1) is 15.4. The smallest absolute Gasteiger partial charge is 0.301 e. The molecule has 1 amide bonds. The molecule has 4 nitrogen and oxygen atoms in total. The van der Waals surface area contributed by atoms with Gasteiger partial charge >= 0.3 is 5.91 Å². The molecule has 1 aliphatic heterocycles. The van der Waals surface area contributed by atoms with Crippen LogP contribution in [-0.2, 0) is 9.53 Å². The topological polar surface area (TPSA) is 46.6 Å². The van der Waals surface area contributed by atoms with Crippen LogP contribution in [0.15, 0.2) is 22.7 Å². The lowest BCUT2D eigenvalue weighted by atomic mass is 10.1. The zero-order valence-corrected chi connectivity index (χ0v) is 14.5. The fourth-order valence-electron chi connectivity index (χ4n) is 1.93. The second-order valence-electron chi connectivity index (χ2n) is 6.07. The van der Waals surface area contributed by atoms with Crippen molar-refractivity contribution in [1.29, 1.82) is 0 Å². The summed E-state index contributed by atoms with van der Waals surface area (Å²) in [5.41, 5.74) is 1.08. The predicted octanol–water partition coefficient (Wildman–Crippen LogP) is 3.29. The fourth-order valence-corrected chi connectivity index (χ4v) is 3.04. The number of nitrogens with zero attached hydrogens (tertiary/aromatic N) is 1. The summed E-state index contributed by atoms with van der Waals surface area (Å²) in [7, 11) is -1.15. The van der Waals surface area contributed by atoms with E-state index in [2.05, 4.69) is 35.6 Å². The molecule has 20 heavy (non-hydrogen) atoms. The second kappa shape index (κ2) is 5.79. The number of Topliss-reactive ketones (excluding diaryl/α,β-unsaturated/α-hetero) is 1. The maximum Gasteiger partial charge on any atom is 0.301 e. The van der Waals surface area contributed by atoms with Crippen LogP contribution in [0.3, 0.4) is 0 Å². The normalized spacial score (nSPS) is 14.9. The first-order valence-electron chi connectivity index (χ1n) is 6.53. The Balaban J connectivity index is 2.04. The molecule has 2 rings (SSSR count). The third-order valence-electron chi connectivity index (χ3n) is 3.15. The van der Waals surface area contributed by atoms with E-state index in [1.165, 1.54) is 4.90 Å². The van der Waals surface area contributed by atoms with Crippen LogP contribution in [0.25, 0.3) is 0 Å². The van der Waals surface area contributed by atoms with Crippen LogP contribution in [0.1, 0.15) is 10.4 Å². The van der Waals surface area contributed by atoms with E-state index in [0.29, 0.717) is 17.9 Å². The molecular formula is C14H18BrNO3Si. The summed E-state index contributed by atoms with van der Waals surface area (Å²) in [6.07, 6.45) is 0. The number of ether oxygens (including phenoxy) is 1. The van der Waals surface area contributed by atoms with Crippen LogP contribution < -0.4 is 4.90 Å². The van der Waals surface area contributed by atoms with Gasteiger partial charge in [-0.05, 0) is 24.2 Å². The van der Waals surface area contributed by atoms with Gasteiger partial charge in [0.2, 0.25) is 0 Å². The minimum atomic E-state index is -1.15. The molecule has 6 heteroatoms. The number of rotatable bonds is 5. The molecule has 0 aliphatic carbocycles. The highest BCUT2D eigenvalue weighted by atomic mass is 79.9. The molecule has 108 valence electrons. The number of halogens is 1. The Bertz CT molecular complexity index is 554. The summed E-state index contributed by atoms with van der Waals surface area (Å²) in [5, 5.41) is 0. The van der Waals surface area contributed by atoms with Crippen molar-refractivity contribution in [2.45, 2.75) is 25.7 Å². The van der Waals surface area contributed by atoms with Gasteiger partial charge in [-0.2, -0.15) is 0 Å². The van der Waals surface area contributed by atoms with E-state index in [1.807, 2.05) is 0 Å². The lowest BCUT2D eigenvalue weighted by Gasteiger charge is -2.19. The maximum atomic E-state index is 12.0. The van der Waals surface area contributed by atoms with Gasteiger partial charge in [-0.25, -0.2) is 0 Å². The largest absolute Gasteiger partial charge is 0.361 e. The summed E-state index contributed by atoms with van der Waals surface area (Å²) in [4.78, 5) is 25.2. The summed E-state index contributed by atoms with van der Waals surface area (Å²) < 4.78 is 6.42. The van der Waals surface area contributed by atoms with Crippen molar-refractivity contribution in [2.75, 3.05) is 18.2 Å². The zero-order chi connectivity index (χ0) is 14.9. The van der Waals surface area contributed by atoms with Crippen molar-refractivity contribution in [1.82, 2.24) is 0 Å². The van der Waals surface area contributed by atoms with Crippen LogP contribution in [0.5, 0.6) is 0 Å². The van der Waals surface area contributed by atoms with Gasteiger partial charge < -0.3 is 4.74 Å². The van der Waals surface area contributed by atoms with Crippen molar-refractivity contribution in [3.8, 4) is 0 Å². The van der Waals surface area contributed by atoms with Gasteiger partial charge in [0.25, 0.3) is 5.78 Å². The first-order valence-corrected chi connectivity index (χ1v) is 11.0. The fraction of sp³-hybridized carbons (Fsp3) is 0.429. The molecule has 0 saturated heterocycles. The van der Waals surface area contributed by atoms with Crippen LogP contribution in [0, 0.1) is 0 Å². The molecular weight excluding hydrogens is 338 g/mol. The number of hydrogen-bond donors (Lipinski definition) is 0. The highest BCUT2D eigenvalue weighted by Crippen LogP contribution is 2.31. The van der Waals surface area contributed by atoms with Gasteiger partial charge in [0.05, 0.1) is 11.3 Å². The van der Waals surface area contributed by atoms with Gasteiger partial charge in [0.1, 0.15) is 6.73 Å². The van der Waals surface area contributed by atoms with E-state index in [0.717, 1.165) is 10.5 Å². The predicted molar refractivity (Wildman–Crippen MR) is 84.9 cm³/mol. The molecule has 1 aliphatic rings. The Labute approximate surface area is 128 Å². The number of benzene rings is 1. The molecule has 0 saturated carbocycles. The van der Waals surface area contributed by atoms with Crippen LogP contribution in [0.4, 0.5) is 5.69 Å². The molecule has 1 aromatic rings. The van der Waals surface area contributed by atoms with Crippen molar-refractivity contribution in [2.24, 2.45) is 0 Å². The number of hydrogen-bond acceptors (Lipinski definition) is 3. The zero-order valence-electron chi connectivity index (χ0n) is 11.9. The van der Waals surface area contributed by atoms with Crippen molar-refractivity contribution in [3.63, 3.8) is 0 Å². The van der Waals surface area contributed by atoms with Crippen LogP contribution >= 0.6 is 15.9 Å². The molecule has 0 radical (unpaired) electrons. The van der Waals surface area contributed by atoms with Crippen LogP contribution in [-0.4, -0.2) is 33.1 Å². The highest BCUT2D eigenvalue weighted by molar-refractivity contribution is 9.10.